The second-order valence-electron chi connectivity index (χ2n) is 2.05. The molecule has 1 rings (SSSR count). The molecule has 0 aromatic rings. The van der Waals surface area contributed by atoms with Gasteiger partial charge in [0.25, 0.3) is 0 Å². The van der Waals surface area contributed by atoms with Gasteiger partial charge in [-0.05, 0) is 12.2 Å². The van der Waals surface area contributed by atoms with Crippen molar-refractivity contribution in [3.05, 3.63) is 23.3 Å². The normalized spacial score (nSPS) is 20.6. The summed E-state index contributed by atoms with van der Waals surface area (Å²) < 4.78 is 0. The summed E-state index contributed by atoms with van der Waals surface area (Å²) in [7, 11) is 0. The van der Waals surface area contributed by atoms with Crippen molar-refractivity contribution in [2.45, 2.75) is 0 Å². The first-order valence-electron chi connectivity index (χ1n) is 2.95. The lowest BCUT2D eigenvalue weighted by atomic mass is 10.1. The molecule has 0 saturated carbocycles. The molecule has 0 N–H and O–H groups in total. The predicted octanol–water partition coefficient (Wildman–Crippen LogP) is 1.04. The molecule has 0 bridgehead atoms. The van der Waals surface area contributed by atoms with Crippen molar-refractivity contribution < 1.29 is 0 Å². The second kappa shape index (κ2) is 2.69. The summed E-state index contributed by atoms with van der Waals surface area (Å²) in [4.78, 5) is 0. The molecule has 0 aliphatic heterocycles. The number of hydrogen-bond acceptors (Lipinski definition) is 3. The van der Waals surface area contributed by atoms with Crippen molar-refractivity contribution in [2.75, 3.05) is 0 Å². The summed E-state index contributed by atoms with van der Waals surface area (Å²) in [5, 5.41) is 25.4. The summed E-state index contributed by atoms with van der Waals surface area (Å²) in [6.07, 6.45) is 2.92. The lowest BCUT2D eigenvalue weighted by Gasteiger charge is -1.90. The van der Waals surface area contributed by atoms with Crippen LogP contribution in [0.4, 0.5) is 0 Å². The summed E-state index contributed by atoms with van der Waals surface area (Å²) in [5.41, 5.74) is 0.747. The molecule has 1 aliphatic rings. The Morgan fingerprint density at radius 2 is 1.91 bits per heavy atom. The molecule has 0 aromatic carbocycles. The maximum atomic E-state index is 8.48. The lowest BCUT2D eigenvalue weighted by Crippen LogP contribution is -1.89. The van der Waals surface area contributed by atoms with Crippen molar-refractivity contribution in [3.63, 3.8) is 0 Å². The van der Waals surface area contributed by atoms with Gasteiger partial charge in [-0.2, -0.15) is 15.8 Å². The largest absolute Gasteiger partial charge is 0.197 e. The fourth-order valence-corrected chi connectivity index (χ4v) is 0.853. The van der Waals surface area contributed by atoms with Crippen LogP contribution in [0.2, 0.25) is 0 Å². The fourth-order valence-electron chi connectivity index (χ4n) is 0.853. The van der Waals surface area contributed by atoms with Crippen LogP contribution in [0.25, 0.3) is 0 Å². The number of nitrogens with zero attached hydrogens (tertiary/aromatic N) is 3. The molecule has 0 heterocycles. The SMILES string of the molecule is N#CC1=CC(C#N)C(C#N)=C1. The van der Waals surface area contributed by atoms with Crippen molar-refractivity contribution in [1.29, 1.82) is 15.8 Å². The van der Waals surface area contributed by atoms with Crippen LogP contribution < -0.4 is 0 Å². The number of hydrogen-bond donors (Lipinski definition) is 0. The third-order valence-electron chi connectivity index (χ3n) is 1.39. The number of allylic oxidation sites excluding steroid dienone is 4. The Morgan fingerprint density at radius 1 is 1.18 bits per heavy atom. The fraction of sp³-hybridized carbons (Fsp3) is 0.125. The highest BCUT2D eigenvalue weighted by Crippen LogP contribution is 2.22. The van der Waals surface area contributed by atoms with Crippen molar-refractivity contribution in [2.24, 2.45) is 5.92 Å². The molecule has 1 atom stereocenters. The van der Waals surface area contributed by atoms with E-state index in [1.807, 2.05) is 18.2 Å². The van der Waals surface area contributed by atoms with Gasteiger partial charge < -0.3 is 0 Å². The third-order valence-corrected chi connectivity index (χ3v) is 1.39. The van der Waals surface area contributed by atoms with Crippen LogP contribution in [0, 0.1) is 39.9 Å². The first-order chi connectivity index (χ1) is 5.31. The monoisotopic (exact) mass is 141 g/mol. The summed E-state index contributed by atoms with van der Waals surface area (Å²) >= 11 is 0. The molecule has 0 amide bonds. The maximum absolute atomic E-state index is 8.48. The Bertz CT molecular complexity index is 354. The van der Waals surface area contributed by atoms with Crippen LogP contribution in [0.3, 0.4) is 0 Å². The van der Waals surface area contributed by atoms with Crippen molar-refractivity contribution in [3.8, 4) is 18.2 Å². The van der Waals surface area contributed by atoms with Crippen LogP contribution in [0.5, 0.6) is 0 Å². The molecule has 11 heavy (non-hydrogen) atoms. The topological polar surface area (TPSA) is 71.4 Å². The van der Waals surface area contributed by atoms with Gasteiger partial charge in [0, 0.05) is 0 Å². The summed E-state index contributed by atoms with van der Waals surface area (Å²) in [5.74, 6) is -0.519. The van der Waals surface area contributed by atoms with Crippen LogP contribution in [-0.2, 0) is 0 Å². The van der Waals surface area contributed by atoms with Crippen LogP contribution in [0.15, 0.2) is 23.3 Å². The molecule has 0 fully saturated rings. The second-order valence-corrected chi connectivity index (χ2v) is 2.05. The molecule has 0 radical (unpaired) electrons. The standard InChI is InChI=1S/C8H3N3/c9-3-6-1-7(4-10)8(2-6)5-11/h1-2,7H. The van der Waals surface area contributed by atoms with E-state index in [-0.39, 0.29) is 0 Å². The van der Waals surface area contributed by atoms with Gasteiger partial charge in [0.2, 0.25) is 0 Å². The maximum Gasteiger partial charge on any atom is 0.101 e. The van der Waals surface area contributed by atoms with Gasteiger partial charge in [-0.25, -0.2) is 0 Å². The lowest BCUT2D eigenvalue weighted by molar-refractivity contribution is 1.05. The first kappa shape index (κ1) is 7.06. The quantitative estimate of drug-likeness (QED) is 0.506. The van der Waals surface area contributed by atoms with Gasteiger partial charge in [0.1, 0.15) is 5.92 Å². The van der Waals surface area contributed by atoms with Crippen LogP contribution in [0.1, 0.15) is 0 Å². The molecule has 1 aliphatic carbocycles. The minimum absolute atomic E-state index is 0.351. The van der Waals surface area contributed by atoms with Gasteiger partial charge in [-0.15, -0.1) is 0 Å². The van der Waals surface area contributed by atoms with Crippen LogP contribution in [-0.4, -0.2) is 0 Å². The third kappa shape index (κ3) is 1.11. The minimum Gasteiger partial charge on any atom is -0.197 e. The molecule has 50 valence electrons. The zero-order valence-electron chi connectivity index (χ0n) is 5.57. The van der Waals surface area contributed by atoms with Crippen molar-refractivity contribution >= 4 is 0 Å². The first-order valence-corrected chi connectivity index (χ1v) is 2.95. The highest BCUT2D eigenvalue weighted by molar-refractivity contribution is 5.51. The van der Waals surface area contributed by atoms with E-state index in [9.17, 15) is 0 Å². The smallest absolute Gasteiger partial charge is 0.101 e. The van der Waals surface area contributed by atoms with E-state index >= 15 is 0 Å². The number of nitriles is 3. The van der Waals surface area contributed by atoms with E-state index in [2.05, 4.69) is 0 Å². The molecule has 0 aromatic heterocycles. The van der Waals surface area contributed by atoms with Gasteiger partial charge in [-0.3, -0.25) is 0 Å². The van der Waals surface area contributed by atoms with E-state index in [0.717, 1.165) is 0 Å². The number of rotatable bonds is 0. The average molecular weight is 141 g/mol. The Hall–Kier alpha value is -2.05. The zero-order valence-corrected chi connectivity index (χ0v) is 5.57. The van der Waals surface area contributed by atoms with E-state index in [1.165, 1.54) is 12.2 Å². The summed E-state index contributed by atoms with van der Waals surface area (Å²) in [6, 6.07) is 5.65. The molecule has 0 saturated heterocycles. The average Bonchev–Trinajstić information content (AvgIpc) is 2.46. The van der Waals surface area contributed by atoms with Crippen molar-refractivity contribution in [1.82, 2.24) is 0 Å². The van der Waals surface area contributed by atoms with Gasteiger partial charge in [0.15, 0.2) is 0 Å². The Balaban J connectivity index is 3.02. The van der Waals surface area contributed by atoms with Gasteiger partial charge >= 0.3 is 0 Å². The van der Waals surface area contributed by atoms with E-state index in [0.29, 0.717) is 11.1 Å². The Kier molecular flexibility index (Phi) is 1.73. The molecule has 3 nitrogen and oxygen atoms in total. The predicted molar refractivity (Wildman–Crippen MR) is 36.5 cm³/mol. The van der Waals surface area contributed by atoms with E-state index in [1.54, 1.807) is 0 Å². The molecule has 1 unspecified atom stereocenters. The highest BCUT2D eigenvalue weighted by atomic mass is 14.3. The molecular weight excluding hydrogens is 138 g/mol. The molecule has 0 spiro atoms. The zero-order chi connectivity index (χ0) is 8.27. The van der Waals surface area contributed by atoms with Crippen LogP contribution >= 0.6 is 0 Å². The van der Waals surface area contributed by atoms with E-state index in [4.69, 9.17) is 15.8 Å². The van der Waals surface area contributed by atoms with Gasteiger partial charge in [0.05, 0.1) is 29.4 Å². The Morgan fingerprint density at radius 3 is 2.27 bits per heavy atom. The molecular formula is C8H3N3. The Labute approximate surface area is 64.1 Å². The summed E-state index contributed by atoms with van der Waals surface area (Å²) in [6.45, 7) is 0. The minimum atomic E-state index is -0.519. The highest BCUT2D eigenvalue weighted by Gasteiger charge is 2.17. The van der Waals surface area contributed by atoms with E-state index < -0.39 is 5.92 Å². The molecule has 3 heteroatoms. The van der Waals surface area contributed by atoms with Gasteiger partial charge in [-0.1, -0.05) is 0 Å².